The third-order valence-electron chi connectivity index (χ3n) is 1.55. The minimum atomic E-state index is 0.0148. The summed E-state index contributed by atoms with van der Waals surface area (Å²) >= 11 is 0. The highest BCUT2D eigenvalue weighted by atomic mass is 16.2. The Morgan fingerprint density at radius 2 is 2.09 bits per heavy atom. The van der Waals surface area contributed by atoms with E-state index in [1.54, 1.807) is 0 Å². The highest BCUT2D eigenvalue weighted by molar-refractivity contribution is 4.99. The molecule has 0 aliphatic rings. The van der Waals surface area contributed by atoms with Gasteiger partial charge in [0.1, 0.15) is 0 Å². The van der Waals surface area contributed by atoms with Crippen LogP contribution in [-0.4, -0.2) is 6.61 Å². The molecule has 0 fully saturated rings. The lowest BCUT2D eigenvalue weighted by molar-refractivity contribution is 0.199. The maximum absolute atomic E-state index is 10.1. The molecule has 0 heterocycles. The SMILES string of the molecule is C/C=C/CC/C(C)=C/CC[O]. The fourth-order valence-corrected chi connectivity index (χ4v) is 0.885. The summed E-state index contributed by atoms with van der Waals surface area (Å²) in [5.74, 6) is 0. The zero-order valence-electron chi connectivity index (χ0n) is 7.47. The summed E-state index contributed by atoms with van der Waals surface area (Å²) in [7, 11) is 0. The second-order valence-corrected chi connectivity index (χ2v) is 2.65. The maximum Gasteiger partial charge on any atom is 0.0856 e. The van der Waals surface area contributed by atoms with Gasteiger partial charge in [-0.3, -0.25) is 0 Å². The van der Waals surface area contributed by atoms with Crippen molar-refractivity contribution in [3.05, 3.63) is 23.8 Å². The van der Waals surface area contributed by atoms with Crippen LogP contribution in [0.25, 0.3) is 0 Å². The van der Waals surface area contributed by atoms with Crippen LogP contribution in [0.4, 0.5) is 0 Å². The summed E-state index contributed by atoms with van der Waals surface area (Å²) in [5.41, 5.74) is 1.33. The molecule has 11 heavy (non-hydrogen) atoms. The van der Waals surface area contributed by atoms with Crippen molar-refractivity contribution in [2.45, 2.75) is 33.1 Å². The third kappa shape index (κ3) is 7.34. The molecule has 0 saturated heterocycles. The summed E-state index contributed by atoms with van der Waals surface area (Å²) in [5, 5.41) is 10.1. The average molecular weight is 153 g/mol. The Balaban J connectivity index is 3.42. The Morgan fingerprint density at radius 1 is 1.36 bits per heavy atom. The molecule has 0 aromatic carbocycles. The molecular weight excluding hydrogens is 136 g/mol. The molecule has 1 heteroatoms. The fraction of sp³-hybridized carbons (Fsp3) is 0.600. The second kappa shape index (κ2) is 7.55. The molecule has 0 amide bonds. The first-order chi connectivity index (χ1) is 5.31. The second-order valence-electron chi connectivity index (χ2n) is 2.65. The first kappa shape index (κ1) is 10.4. The van der Waals surface area contributed by atoms with Crippen molar-refractivity contribution in [3.8, 4) is 0 Å². The van der Waals surface area contributed by atoms with Gasteiger partial charge in [-0.2, -0.15) is 0 Å². The van der Waals surface area contributed by atoms with Crippen molar-refractivity contribution in [2.75, 3.05) is 6.61 Å². The molecule has 0 N–H and O–H groups in total. The van der Waals surface area contributed by atoms with Crippen LogP contribution in [0.2, 0.25) is 0 Å². The standard InChI is InChI=1S/C10H17O/c1-3-4-5-7-10(2)8-6-9-11/h3-4,8H,5-7,9H2,1-2H3/b4-3+,10-8+. The van der Waals surface area contributed by atoms with Gasteiger partial charge in [0.15, 0.2) is 0 Å². The monoisotopic (exact) mass is 153 g/mol. The molecule has 1 radical (unpaired) electrons. The molecule has 0 aromatic heterocycles. The van der Waals surface area contributed by atoms with E-state index in [4.69, 9.17) is 0 Å². The van der Waals surface area contributed by atoms with Crippen LogP contribution >= 0.6 is 0 Å². The maximum atomic E-state index is 10.1. The van der Waals surface area contributed by atoms with Gasteiger partial charge in [-0.15, -0.1) is 0 Å². The molecule has 63 valence electrons. The first-order valence-corrected chi connectivity index (χ1v) is 4.16. The minimum Gasteiger partial charge on any atom is -0.236 e. The van der Waals surface area contributed by atoms with Gasteiger partial charge in [0.25, 0.3) is 0 Å². The first-order valence-electron chi connectivity index (χ1n) is 4.16. The van der Waals surface area contributed by atoms with Crippen molar-refractivity contribution in [2.24, 2.45) is 0 Å². The van der Waals surface area contributed by atoms with E-state index >= 15 is 0 Å². The van der Waals surface area contributed by atoms with Crippen molar-refractivity contribution >= 4 is 0 Å². The summed E-state index contributed by atoms with van der Waals surface area (Å²) in [4.78, 5) is 0. The van der Waals surface area contributed by atoms with Crippen LogP contribution in [0.15, 0.2) is 23.8 Å². The van der Waals surface area contributed by atoms with Crippen LogP contribution in [0.1, 0.15) is 33.1 Å². The lowest BCUT2D eigenvalue weighted by atomic mass is 10.1. The summed E-state index contributed by atoms with van der Waals surface area (Å²) in [6.07, 6.45) is 9.11. The van der Waals surface area contributed by atoms with Gasteiger partial charge in [0.05, 0.1) is 6.61 Å². The van der Waals surface area contributed by atoms with E-state index in [9.17, 15) is 5.11 Å². The number of hydrogen-bond donors (Lipinski definition) is 0. The van der Waals surface area contributed by atoms with Gasteiger partial charge in [-0.1, -0.05) is 23.8 Å². The Hall–Kier alpha value is -0.560. The Kier molecular flexibility index (Phi) is 7.16. The van der Waals surface area contributed by atoms with E-state index in [2.05, 4.69) is 19.1 Å². The van der Waals surface area contributed by atoms with E-state index in [1.165, 1.54) is 5.57 Å². The van der Waals surface area contributed by atoms with Crippen LogP contribution in [0.5, 0.6) is 0 Å². The van der Waals surface area contributed by atoms with E-state index < -0.39 is 0 Å². The molecule has 0 rings (SSSR count). The van der Waals surface area contributed by atoms with Gasteiger partial charge in [-0.05, 0) is 33.1 Å². The Labute approximate surface area is 69.4 Å². The zero-order chi connectivity index (χ0) is 8.53. The molecule has 0 spiro atoms. The van der Waals surface area contributed by atoms with Crippen molar-refractivity contribution in [1.82, 2.24) is 0 Å². The van der Waals surface area contributed by atoms with Crippen LogP contribution in [-0.2, 0) is 5.11 Å². The molecule has 0 aliphatic carbocycles. The molecule has 0 aromatic rings. The third-order valence-corrected chi connectivity index (χ3v) is 1.55. The Morgan fingerprint density at radius 3 is 2.64 bits per heavy atom. The average Bonchev–Trinajstić information content (AvgIpc) is 2.01. The molecule has 0 aliphatic heterocycles. The van der Waals surface area contributed by atoms with Gasteiger partial charge in [0, 0.05) is 0 Å². The van der Waals surface area contributed by atoms with Crippen molar-refractivity contribution in [1.29, 1.82) is 0 Å². The fourth-order valence-electron chi connectivity index (χ4n) is 0.885. The van der Waals surface area contributed by atoms with E-state index in [-0.39, 0.29) is 6.61 Å². The van der Waals surface area contributed by atoms with E-state index in [0.29, 0.717) is 6.42 Å². The predicted octanol–water partition coefficient (Wildman–Crippen LogP) is 3.11. The molecule has 0 bridgehead atoms. The molecule has 0 atom stereocenters. The lowest BCUT2D eigenvalue weighted by Crippen LogP contribution is -1.79. The number of hydrogen-bond acceptors (Lipinski definition) is 0. The summed E-state index contributed by atoms with van der Waals surface area (Å²) in [6, 6.07) is 0. The quantitative estimate of drug-likeness (QED) is 0.541. The summed E-state index contributed by atoms with van der Waals surface area (Å²) in [6.45, 7) is 4.12. The van der Waals surface area contributed by atoms with Gasteiger partial charge in [-0.25, -0.2) is 5.11 Å². The minimum absolute atomic E-state index is 0.0148. The highest BCUT2D eigenvalue weighted by Crippen LogP contribution is 2.05. The van der Waals surface area contributed by atoms with Crippen LogP contribution in [0.3, 0.4) is 0 Å². The molecule has 0 saturated carbocycles. The van der Waals surface area contributed by atoms with Gasteiger partial charge >= 0.3 is 0 Å². The van der Waals surface area contributed by atoms with Crippen LogP contribution in [0, 0.1) is 0 Å². The largest absolute Gasteiger partial charge is 0.236 e. The Bertz CT molecular complexity index is 134. The lowest BCUT2D eigenvalue weighted by Gasteiger charge is -1.95. The normalized spacial score (nSPS) is 12.8. The molecule has 0 unspecified atom stereocenters. The highest BCUT2D eigenvalue weighted by Gasteiger charge is 1.86. The number of rotatable bonds is 5. The van der Waals surface area contributed by atoms with Gasteiger partial charge < -0.3 is 0 Å². The topological polar surface area (TPSA) is 19.9 Å². The van der Waals surface area contributed by atoms with Crippen LogP contribution < -0.4 is 0 Å². The smallest absolute Gasteiger partial charge is 0.0856 e. The molecule has 1 nitrogen and oxygen atoms in total. The van der Waals surface area contributed by atoms with Crippen molar-refractivity contribution < 1.29 is 5.11 Å². The van der Waals surface area contributed by atoms with E-state index in [1.807, 2.05) is 13.0 Å². The van der Waals surface area contributed by atoms with Gasteiger partial charge in [0.2, 0.25) is 0 Å². The van der Waals surface area contributed by atoms with E-state index in [0.717, 1.165) is 12.8 Å². The number of allylic oxidation sites excluding steroid dienone is 3. The zero-order valence-corrected chi connectivity index (χ0v) is 7.47. The molecular formula is C10H17O. The van der Waals surface area contributed by atoms with Crippen molar-refractivity contribution in [3.63, 3.8) is 0 Å². The predicted molar refractivity (Wildman–Crippen MR) is 48.0 cm³/mol. The summed E-state index contributed by atoms with van der Waals surface area (Å²) < 4.78 is 0.